The highest BCUT2D eigenvalue weighted by Gasteiger charge is 2.23. The summed E-state index contributed by atoms with van der Waals surface area (Å²) in [5.41, 5.74) is 5.36. The first-order chi connectivity index (χ1) is 18.0. The smallest absolute Gasteiger partial charge is 0.265 e. The Bertz CT molecular complexity index is 1570. The van der Waals surface area contributed by atoms with E-state index in [9.17, 15) is 8.42 Å². The van der Waals surface area contributed by atoms with Crippen LogP contribution >= 0.6 is 0 Å². The summed E-state index contributed by atoms with van der Waals surface area (Å²) < 4.78 is 33.9. The SMILES string of the molecule is CCCCc1noc(NS(=O)(=O)c2cccnc2)c1Cc1ccc(-c2ccccc2-c2nnn[nH]2)cc1. The number of tetrazole rings is 1. The van der Waals surface area contributed by atoms with Crippen molar-refractivity contribution in [3.63, 3.8) is 0 Å². The number of pyridine rings is 1. The second kappa shape index (κ2) is 10.7. The molecular formula is C26H25N7O3S. The maximum atomic E-state index is 12.9. The van der Waals surface area contributed by atoms with Crippen LogP contribution in [0.1, 0.15) is 36.6 Å². The molecule has 0 saturated heterocycles. The summed E-state index contributed by atoms with van der Waals surface area (Å²) in [4.78, 5) is 3.96. The molecule has 0 bridgehead atoms. The van der Waals surface area contributed by atoms with Gasteiger partial charge in [-0.2, -0.15) is 0 Å². The van der Waals surface area contributed by atoms with Gasteiger partial charge in [0.15, 0.2) is 5.82 Å². The molecule has 188 valence electrons. The highest BCUT2D eigenvalue weighted by atomic mass is 32.2. The molecule has 2 aromatic carbocycles. The lowest BCUT2D eigenvalue weighted by molar-refractivity contribution is 0.425. The van der Waals surface area contributed by atoms with Crippen LogP contribution in [0.3, 0.4) is 0 Å². The average Bonchev–Trinajstić information content (AvgIpc) is 3.59. The van der Waals surface area contributed by atoms with Gasteiger partial charge >= 0.3 is 0 Å². The Morgan fingerprint density at radius 1 is 1.00 bits per heavy atom. The Morgan fingerprint density at radius 2 is 1.81 bits per heavy atom. The first-order valence-corrected chi connectivity index (χ1v) is 13.4. The van der Waals surface area contributed by atoms with Gasteiger partial charge in [0.05, 0.1) is 5.69 Å². The second-order valence-electron chi connectivity index (χ2n) is 8.50. The van der Waals surface area contributed by atoms with E-state index in [-0.39, 0.29) is 10.8 Å². The molecule has 0 aliphatic carbocycles. The molecule has 0 unspecified atom stereocenters. The quantitative estimate of drug-likeness (QED) is 0.274. The van der Waals surface area contributed by atoms with Crippen molar-refractivity contribution in [2.45, 2.75) is 37.5 Å². The monoisotopic (exact) mass is 515 g/mol. The molecule has 11 heteroatoms. The molecule has 0 aliphatic heterocycles. The molecule has 0 spiro atoms. The fraction of sp³-hybridized carbons (Fsp3) is 0.192. The number of hydrogen-bond acceptors (Lipinski definition) is 8. The molecule has 0 amide bonds. The van der Waals surface area contributed by atoms with E-state index in [1.807, 2.05) is 48.5 Å². The van der Waals surface area contributed by atoms with Crippen LogP contribution in [0.2, 0.25) is 0 Å². The van der Waals surface area contributed by atoms with Gasteiger partial charge in [0.25, 0.3) is 10.0 Å². The molecule has 10 nitrogen and oxygen atoms in total. The van der Waals surface area contributed by atoms with Gasteiger partial charge in [0.2, 0.25) is 5.88 Å². The minimum atomic E-state index is -3.87. The fourth-order valence-electron chi connectivity index (χ4n) is 4.05. The Morgan fingerprint density at radius 3 is 2.51 bits per heavy atom. The van der Waals surface area contributed by atoms with Crippen molar-refractivity contribution in [1.29, 1.82) is 0 Å². The molecule has 2 N–H and O–H groups in total. The largest absolute Gasteiger partial charge is 0.337 e. The Kier molecular flexibility index (Phi) is 7.04. The number of nitrogens with zero attached hydrogens (tertiary/aromatic N) is 5. The van der Waals surface area contributed by atoms with Gasteiger partial charge in [-0.3, -0.25) is 4.98 Å². The number of aromatic nitrogens is 6. The summed E-state index contributed by atoms with van der Waals surface area (Å²) in [5.74, 6) is 0.720. The highest BCUT2D eigenvalue weighted by Crippen LogP contribution is 2.31. The molecule has 3 heterocycles. The van der Waals surface area contributed by atoms with Crippen LogP contribution in [0.4, 0.5) is 5.88 Å². The zero-order chi connectivity index (χ0) is 25.7. The number of hydrogen-bond donors (Lipinski definition) is 2. The van der Waals surface area contributed by atoms with E-state index >= 15 is 0 Å². The topological polar surface area (TPSA) is 140 Å². The van der Waals surface area contributed by atoms with Crippen LogP contribution in [0.5, 0.6) is 0 Å². The van der Waals surface area contributed by atoms with Crippen molar-refractivity contribution in [2.75, 3.05) is 4.72 Å². The van der Waals surface area contributed by atoms with Crippen LogP contribution in [0.15, 0.2) is 82.5 Å². The lowest BCUT2D eigenvalue weighted by Crippen LogP contribution is -2.14. The molecule has 0 fully saturated rings. The van der Waals surface area contributed by atoms with Crippen molar-refractivity contribution in [3.8, 4) is 22.5 Å². The average molecular weight is 516 g/mol. The molecule has 5 rings (SSSR count). The van der Waals surface area contributed by atoms with E-state index < -0.39 is 10.0 Å². The van der Waals surface area contributed by atoms with Gasteiger partial charge in [-0.15, -0.1) is 5.10 Å². The first-order valence-electron chi connectivity index (χ1n) is 11.9. The van der Waals surface area contributed by atoms with Crippen molar-refractivity contribution in [3.05, 3.63) is 89.9 Å². The predicted octanol–water partition coefficient (Wildman–Crippen LogP) is 4.65. The minimum Gasteiger partial charge on any atom is -0.337 e. The zero-order valence-corrected chi connectivity index (χ0v) is 20.9. The van der Waals surface area contributed by atoms with E-state index in [1.54, 1.807) is 6.07 Å². The maximum absolute atomic E-state index is 12.9. The minimum absolute atomic E-state index is 0.0532. The van der Waals surface area contributed by atoms with Crippen LogP contribution in [0, 0.1) is 0 Å². The van der Waals surface area contributed by atoms with Gasteiger partial charge in [-0.05, 0) is 52.1 Å². The van der Waals surface area contributed by atoms with E-state index in [0.717, 1.165) is 46.4 Å². The van der Waals surface area contributed by atoms with E-state index in [2.05, 4.69) is 42.4 Å². The molecule has 0 radical (unpaired) electrons. The molecular weight excluding hydrogens is 490 g/mol. The molecule has 37 heavy (non-hydrogen) atoms. The van der Waals surface area contributed by atoms with Crippen molar-refractivity contribution < 1.29 is 12.9 Å². The van der Waals surface area contributed by atoms with Crippen LogP contribution < -0.4 is 4.72 Å². The standard InChI is InChI=1S/C26H25N7O3S/c1-2-3-10-24-23(26(36-30-24)31-37(34,35)20-7-6-15-27-17-20)16-18-11-13-19(14-12-18)21-8-4-5-9-22(21)25-28-32-33-29-25/h4-9,11-15,17,31H,2-3,10,16H2,1H3,(H,28,29,32,33). The number of H-pyrrole nitrogens is 1. The number of nitrogens with one attached hydrogen (secondary N) is 2. The second-order valence-corrected chi connectivity index (χ2v) is 10.2. The van der Waals surface area contributed by atoms with Crippen molar-refractivity contribution in [1.82, 2.24) is 30.8 Å². The molecule has 0 saturated carbocycles. The zero-order valence-electron chi connectivity index (χ0n) is 20.1. The van der Waals surface area contributed by atoms with Crippen LogP contribution in [-0.2, 0) is 22.9 Å². The lowest BCUT2D eigenvalue weighted by atomic mass is 9.96. The van der Waals surface area contributed by atoms with Gasteiger partial charge in [0, 0.05) is 29.9 Å². The molecule has 5 aromatic rings. The van der Waals surface area contributed by atoms with E-state index in [0.29, 0.717) is 18.7 Å². The van der Waals surface area contributed by atoms with Crippen molar-refractivity contribution in [2.24, 2.45) is 0 Å². The predicted molar refractivity (Wildman–Crippen MR) is 138 cm³/mol. The summed E-state index contributed by atoms with van der Waals surface area (Å²) in [6.07, 6.45) is 5.87. The molecule has 0 atom stereocenters. The third-order valence-corrected chi connectivity index (χ3v) is 7.30. The number of rotatable bonds is 10. The van der Waals surface area contributed by atoms with Crippen LogP contribution in [-0.4, -0.2) is 39.2 Å². The summed E-state index contributed by atoms with van der Waals surface area (Å²) in [6.45, 7) is 2.09. The van der Waals surface area contributed by atoms with Gasteiger partial charge in [-0.1, -0.05) is 67.0 Å². The van der Waals surface area contributed by atoms with Gasteiger partial charge in [-0.25, -0.2) is 18.2 Å². The van der Waals surface area contributed by atoms with Gasteiger partial charge in [0.1, 0.15) is 4.90 Å². The molecule has 3 aromatic heterocycles. The number of unbranched alkanes of at least 4 members (excludes halogenated alkanes) is 1. The number of aryl methyl sites for hydroxylation is 1. The molecule has 0 aliphatic rings. The first kappa shape index (κ1) is 24.3. The van der Waals surface area contributed by atoms with E-state index in [4.69, 9.17) is 4.52 Å². The summed E-state index contributed by atoms with van der Waals surface area (Å²) in [6, 6.07) is 19.0. The number of sulfonamides is 1. The third-order valence-electron chi connectivity index (χ3n) is 5.98. The maximum Gasteiger partial charge on any atom is 0.265 e. The third kappa shape index (κ3) is 5.41. The Hall–Kier alpha value is -4.38. The van der Waals surface area contributed by atoms with E-state index in [1.165, 1.54) is 18.5 Å². The Balaban J connectivity index is 1.43. The number of anilines is 1. The van der Waals surface area contributed by atoms with Gasteiger partial charge < -0.3 is 4.52 Å². The van der Waals surface area contributed by atoms with Crippen molar-refractivity contribution >= 4 is 15.9 Å². The lowest BCUT2D eigenvalue weighted by Gasteiger charge is -2.10. The number of benzene rings is 2. The summed E-state index contributed by atoms with van der Waals surface area (Å²) >= 11 is 0. The highest BCUT2D eigenvalue weighted by molar-refractivity contribution is 7.92. The number of aromatic amines is 1. The fourth-order valence-corrected chi connectivity index (χ4v) is 5.03. The Labute approximate surface area is 214 Å². The van der Waals surface area contributed by atoms with Crippen LogP contribution in [0.25, 0.3) is 22.5 Å². The summed E-state index contributed by atoms with van der Waals surface area (Å²) in [7, 11) is -3.87. The summed E-state index contributed by atoms with van der Waals surface area (Å²) in [5, 5.41) is 18.4. The normalized spacial score (nSPS) is 11.5.